The van der Waals surface area contributed by atoms with Gasteiger partial charge >= 0.3 is 6.18 Å². The van der Waals surface area contributed by atoms with Gasteiger partial charge in [-0.15, -0.1) is 10.2 Å². The van der Waals surface area contributed by atoms with Crippen LogP contribution in [0.25, 0.3) is 11.3 Å². The summed E-state index contributed by atoms with van der Waals surface area (Å²) in [5.41, 5.74) is 0.830. The van der Waals surface area contributed by atoms with E-state index in [2.05, 4.69) is 15.5 Å². The van der Waals surface area contributed by atoms with Crippen molar-refractivity contribution in [1.29, 1.82) is 0 Å². The van der Waals surface area contributed by atoms with Crippen LogP contribution in [0.4, 0.5) is 18.9 Å². The molecule has 0 atom stereocenters. The Kier molecular flexibility index (Phi) is 6.94. The van der Waals surface area contributed by atoms with Crippen molar-refractivity contribution in [3.05, 3.63) is 66.2 Å². The van der Waals surface area contributed by atoms with E-state index >= 15 is 0 Å². The molecule has 1 N–H and O–H groups in total. The largest absolute Gasteiger partial charge is 0.494 e. The van der Waals surface area contributed by atoms with Crippen LogP contribution < -0.4 is 10.1 Å². The maximum absolute atomic E-state index is 12.7. The fourth-order valence-electron chi connectivity index (χ4n) is 2.55. The van der Waals surface area contributed by atoms with Gasteiger partial charge in [0, 0.05) is 11.3 Å². The van der Waals surface area contributed by atoms with Gasteiger partial charge in [-0.2, -0.15) is 13.2 Å². The third-order valence-corrected chi connectivity index (χ3v) is 4.85. The molecule has 1 heterocycles. The van der Waals surface area contributed by atoms with Gasteiger partial charge in [0.2, 0.25) is 5.91 Å². The summed E-state index contributed by atoms with van der Waals surface area (Å²) in [7, 11) is 0. The Balaban J connectivity index is 1.55. The number of amides is 1. The number of thioether (sulfide) groups is 1. The molecule has 0 radical (unpaired) electrons. The van der Waals surface area contributed by atoms with Gasteiger partial charge in [0.25, 0.3) is 0 Å². The highest BCUT2D eigenvalue weighted by Crippen LogP contribution is 2.30. The Morgan fingerprint density at radius 1 is 1.07 bits per heavy atom. The summed E-state index contributed by atoms with van der Waals surface area (Å²) in [4.78, 5) is 12.0. The molecule has 9 heteroatoms. The van der Waals surface area contributed by atoms with Crippen molar-refractivity contribution < 1.29 is 22.7 Å². The fraction of sp³-hybridized carbons (Fsp3) is 0.190. The van der Waals surface area contributed by atoms with E-state index in [0.717, 1.165) is 35.2 Å². The van der Waals surface area contributed by atoms with Crippen molar-refractivity contribution in [2.75, 3.05) is 17.7 Å². The van der Waals surface area contributed by atoms with Gasteiger partial charge < -0.3 is 10.1 Å². The van der Waals surface area contributed by atoms with Crippen LogP contribution in [0.5, 0.6) is 5.75 Å². The normalized spacial score (nSPS) is 11.2. The van der Waals surface area contributed by atoms with Gasteiger partial charge in [-0.05, 0) is 61.5 Å². The number of hydrogen-bond donors (Lipinski definition) is 1. The van der Waals surface area contributed by atoms with Gasteiger partial charge in [-0.3, -0.25) is 4.79 Å². The average Bonchev–Trinajstić information content (AvgIpc) is 2.73. The molecule has 0 aliphatic rings. The smallest absolute Gasteiger partial charge is 0.416 e. The zero-order chi connectivity index (χ0) is 21.6. The van der Waals surface area contributed by atoms with Gasteiger partial charge in [0.15, 0.2) is 0 Å². The van der Waals surface area contributed by atoms with Gasteiger partial charge in [0.1, 0.15) is 10.8 Å². The minimum Gasteiger partial charge on any atom is -0.494 e. The maximum Gasteiger partial charge on any atom is 0.416 e. The number of nitrogens with zero attached hydrogens (tertiary/aromatic N) is 2. The highest BCUT2D eigenvalue weighted by molar-refractivity contribution is 7.99. The first-order chi connectivity index (χ1) is 14.3. The molecular weight excluding hydrogens is 415 g/mol. The first-order valence-electron chi connectivity index (χ1n) is 9.02. The second kappa shape index (κ2) is 9.62. The molecule has 0 spiro atoms. The van der Waals surface area contributed by atoms with E-state index in [4.69, 9.17) is 4.74 Å². The van der Waals surface area contributed by atoms with E-state index in [1.165, 1.54) is 12.1 Å². The van der Waals surface area contributed by atoms with Crippen molar-refractivity contribution in [2.45, 2.75) is 18.1 Å². The number of ether oxygens (including phenoxy) is 1. The second-order valence-electron chi connectivity index (χ2n) is 6.13. The Hall–Kier alpha value is -3.07. The standard InChI is InChI=1S/C21H18F3N3O2S/c1-2-29-17-8-6-14(7-9-17)18-10-11-20(27-26-18)30-13-19(28)25-16-5-3-4-15(12-16)21(22,23)24/h3-12H,2,13H2,1H3,(H,25,28). The highest BCUT2D eigenvalue weighted by atomic mass is 32.2. The number of halogens is 3. The van der Waals surface area contributed by atoms with Crippen LogP contribution in [0.2, 0.25) is 0 Å². The Bertz CT molecular complexity index is 994. The number of anilines is 1. The quantitative estimate of drug-likeness (QED) is 0.513. The summed E-state index contributed by atoms with van der Waals surface area (Å²) in [5, 5.41) is 11.2. The van der Waals surface area contributed by atoms with Crippen LogP contribution in [0.15, 0.2) is 65.7 Å². The summed E-state index contributed by atoms with van der Waals surface area (Å²) < 4.78 is 43.6. The monoisotopic (exact) mass is 433 g/mol. The zero-order valence-electron chi connectivity index (χ0n) is 15.9. The molecule has 0 bridgehead atoms. The zero-order valence-corrected chi connectivity index (χ0v) is 16.8. The first-order valence-corrected chi connectivity index (χ1v) is 10.0. The van der Waals surface area contributed by atoms with E-state index in [9.17, 15) is 18.0 Å². The van der Waals surface area contributed by atoms with Gasteiger partial charge in [-0.25, -0.2) is 0 Å². The lowest BCUT2D eigenvalue weighted by Gasteiger charge is -2.09. The lowest BCUT2D eigenvalue weighted by molar-refractivity contribution is -0.137. The molecule has 3 rings (SSSR count). The number of carbonyl (C=O) groups is 1. The molecule has 1 amide bonds. The van der Waals surface area contributed by atoms with E-state index in [-0.39, 0.29) is 11.4 Å². The number of alkyl halides is 3. The Morgan fingerprint density at radius 2 is 1.83 bits per heavy atom. The number of carbonyl (C=O) groups excluding carboxylic acids is 1. The average molecular weight is 433 g/mol. The molecule has 5 nitrogen and oxygen atoms in total. The molecule has 0 fully saturated rings. The van der Waals surface area contributed by atoms with Crippen molar-refractivity contribution in [3.63, 3.8) is 0 Å². The van der Waals surface area contributed by atoms with Crippen molar-refractivity contribution >= 4 is 23.4 Å². The molecule has 0 unspecified atom stereocenters. The molecule has 1 aromatic heterocycles. The third-order valence-electron chi connectivity index (χ3n) is 3.93. The minimum atomic E-state index is -4.46. The summed E-state index contributed by atoms with van der Waals surface area (Å²) in [5.74, 6) is 0.331. The Morgan fingerprint density at radius 3 is 2.47 bits per heavy atom. The molecule has 156 valence electrons. The third kappa shape index (κ3) is 5.96. The molecule has 0 saturated carbocycles. The van der Waals surface area contributed by atoms with E-state index in [1.54, 1.807) is 12.1 Å². The second-order valence-corrected chi connectivity index (χ2v) is 7.13. The van der Waals surface area contributed by atoms with E-state index in [0.29, 0.717) is 17.3 Å². The first kappa shape index (κ1) is 21.6. The SMILES string of the molecule is CCOc1ccc(-c2ccc(SCC(=O)Nc3cccc(C(F)(F)F)c3)nn2)cc1. The minimum absolute atomic E-state index is 0.00662. The molecule has 0 saturated heterocycles. The molecule has 2 aromatic carbocycles. The molecule has 30 heavy (non-hydrogen) atoms. The van der Waals surface area contributed by atoms with Crippen LogP contribution in [-0.2, 0) is 11.0 Å². The number of benzene rings is 2. The lowest BCUT2D eigenvalue weighted by Crippen LogP contribution is -2.15. The van der Waals surface area contributed by atoms with Crippen molar-refractivity contribution in [3.8, 4) is 17.0 Å². The van der Waals surface area contributed by atoms with E-state index < -0.39 is 17.6 Å². The van der Waals surface area contributed by atoms with Crippen LogP contribution in [0.3, 0.4) is 0 Å². The number of rotatable bonds is 7. The van der Waals surface area contributed by atoms with Gasteiger partial charge in [0.05, 0.1) is 23.6 Å². The molecule has 0 aliphatic heterocycles. The summed E-state index contributed by atoms with van der Waals surface area (Å²) in [6.45, 7) is 2.50. The summed E-state index contributed by atoms with van der Waals surface area (Å²) in [6.07, 6.45) is -4.46. The van der Waals surface area contributed by atoms with Crippen molar-refractivity contribution in [2.24, 2.45) is 0 Å². The molecule has 0 aliphatic carbocycles. The van der Waals surface area contributed by atoms with Crippen LogP contribution >= 0.6 is 11.8 Å². The summed E-state index contributed by atoms with van der Waals surface area (Å²) in [6, 6.07) is 15.5. The van der Waals surface area contributed by atoms with Crippen LogP contribution in [0, 0.1) is 0 Å². The molecular formula is C21H18F3N3O2S. The maximum atomic E-state index is 12.7. The predicted molar refractivity (Wildman–Crippen MR) is 109 cm³/mol. The van der Waals surface area contributed by atoms with E-state index in [1.807, 2.05) is 31.2 Å². The summed E-state index contributed by atoms with van der Waals surface area (Å²) >= 11 is 1.14. The number of hydrogen-bond acceptors (Lipinski definition) is 5. The van der Waals surface area contributed by atoms with Crippen LogP contribution in [0.1, 0.15) is 12.5 Å². The van der Waals surface area contributed by atoms with Gasteiger partial charge in [-0.1, -0.05) is 17.8 Å². The topological polar surface area (TPSA) is 64.1 Å². The number of aromatic nitrogens is 2. The number of nitrogens with one attached hydrogen (secondary N) is 1. The van der Waals surface area contributed by atoms with Crippen LogP contribution in [-0.4, -0.2) is 28.5 Å². The van der Waals surface area contributed by atoms with Crippen molar-refractivity contribution in [1.82, 2.24) is 10.2 Å². The molecule has 3 aromatic rings. The highest BCUT2D eigenvalue weighted by Gasteiger charge is 2.30. The lowest BCUT2D eigenvalue weighted by atomic mass is 10.1. The predicted octanol–water partition coefficient (Wildman–Crippen LogP) is 5.29. The Labute approximate surface area is 175 Å². The fourth-order valence-corrected chi connectivity index (χ4v) is 3.16.